The molecule has 6 nitrogen and oxygen atoms in total. The first kappa shape index (κ1) is 19.0. The smallest absolute Gasteiger partial charge is 0.354 e. The Labute approximate surface area is 172 Å². The lowest BCUT2D eigenvalue weighted by atomic mass is 10.1. The summed E-state index contributed by atoms with van der Waals surface area (Å²) in [5.41, 5.74) is 3.01. The first-order valence-electron chi connectivity index (χ1n) is 9.03. The van der Waals surface area contributed by atoms with Gasteiger partial charge in [0.25, 0.3) is 0 Å². The first-order valence-corrected chi connectivity index (χ1v) is 9.41. The zero-order valence-electron chi connectivity index (χ0n) is 15.7. The molecule has 0 atom stereocenters. The maximum atomic E-state index is 11.3. The van der Waals surface area contributed by atoms with Gasteiger partial charge in [-0.1, -0.05) is 41.9 Å². The van der Waals surface area contributed by atoms with Crippen LogP contribution in [-0.2, 0) is 13.2 Å². The Morgan fingerprint density at radius 1 is 1.10 bits per heavy atom. The standard InChI is InChI=1S/C22H18ClN3O3/c1-14-24-19-9-10-20(22(27)28)25-21(19)26(14)12-16-8-7-15(11-18(16)23)13-29-17-5-3-2-4-6-17/h2-11H,12-13H2,1H3,(H,27,28). The number of hydrogen-bond donors (Lipinski definition) is 1. The molecule has 4 aromatic rings. The van der Waals surface area contributed by atoms with E-state index in [4.69, 9.17) is 16.3 Å². The number of rotatable bonds is 6. The number of aromatic carboxylic acids is 1. The maximum absolute atomic E-state index is 11.3. The van der Waals surface area contributed by atoms with E-state index in [1.54, 1.807) is 6.07 Å². The second-order valence-electron chi connectivity index (χ2n) is 6.62. The highest BCUT2D eigenvalue weighted by atomic mass is 35.5. The molecule has 146 valence electrons. The van der Waals surface area contributed by atoms with Crippen LogP contribution in [0.15, 0.2) is 60.7 Å². The van der Waals surface area contributed by atoms with Crippen LogP contribution in [0.25, 0.3) is 11.2 Å². The first-order chi connectivity index (χ1) is 14.0. The van der Waals surface area contributed by atoms with Gasteiger partial charge in [-0.3, -0.25) is 0 Å². The van der Waals surface area contributed by atoms with Crippen molar-refractivity contribution in [3.05, 3.63) is 88.3 Å². The zero-order chi connectivity index (χ0) is 20.4. The topological polar surface area (TPSA) is 77.2 Å². The van der Waals surface area contributed by atoms with Gasteiger partial charge in [0.1, 0.15) is 23.7 Å². The number of aryl methyl sites for hydroxylation is 1. The van der Waals surface area contributed by atoms with Crippen molar-refractivity contribution in [2.45, 2.75) is 20.1 Å². The summed E-state index contributed by atoms with van der Waals surface area (Å²) in [6.07, 6.45) is 0. The van der Waals surface area contributed by atoms with Gasteiger partial charge in [-0.25, -0.2) is 14.8 Å². The molecule has 2 aromatic heterocycles. The van der Waals surface area contributed by atoms with E-state index >= 15 is 0 Å². The van der Waals surface area contributed by atoms with E-state index in [0.29, 0.717) is 29.3 Å². The van der Waals surface area contributed by atoms with Crippen molar-refractivity contribution in [2.24, 2.45) is 0 Å². The number of aromatic nitrogens is 3. The van der Waals surface area contributed by atoms with E-state index < -0.39 is 5.97 Å². The second-order valence-corrected chi connectivity index (χ2v) is 7.02. The third kappa shape index (κ3) is 4.07. The molecule has 0 aliphatic heterocycles. The SMILES string of the molecule is Cc1nc2ccc(C(=O)O)nc2n1Cc1ccc(COc2ccccc2)cc1Cl. The highest BCUT2D eigenvalue weighted by molar-refractivity contribution is 6.31. The fourth-order valence-electron chi connectivity index (χ4n) is 3.09. The molecule has 0 bridgehead atoms. The maximum Gasteiger partial charge on any atom is 0.354 e. The van der Waals surface area contributed by atoms with Gasteiger partial charge in [0.15, 0.2) is 11.3 Å². The van der Waals surface area contributed by atoms with Gasteiger partial charge >= 0.3 is 5.97 Å². The molecule has 0 aliphatic carbocycles. The lowest BCUT2D eigenvalue weighted by Gasteiger charge is -2.11. The van der Waals surface area contributed by atoms with Gasteiger partial charge in [-0.05, 0) is 48.4 Å². The fraction of sp³-hybridized carbons (Fsp3) is 0.136. The molecule has 0 radical (unpaired) electrons. The molecule has 4 rings (SSSR count). The average Bonchev–Trinajstić information content (AvgIpc) is 3.03. The fourth-order valence-corrected chi connectivity index (χ4v) is 3.35. The van der Waals surface area contributed by atoms with Crippen LogP contribution in [0.3, 0.4) is 0 Å². The Hall–Kier alpha value is -3.38. The molecule has 0 spiro atoms. The largest absolute Gasteiger partial charge is 0.489 e. The molecule has 0 unspecified atom stereocenters. The molecule has 0 amide bonds. The molecular formula is C22H18ClN3O3. The highest BCUT2D eigenvalue weighted by Gasteiger charge is 2.14. The monoisotopic (exact) mass is 407 g/mol. The number of imidazole rings is 1. The number of carboxylic acids is 1. The Kier molecular flexibility index (Phi) is 5.18. The van der Waals surface area contributed by atoms with E-state index in [2.05, 4.69) is 9.97 Å². The molecule has 2 heterocycles. The Morgan fingerprint density at radius 3 is 2.62 bits per heavy atom. The number of para-hydroxylation sites is 1. The van der Waals surface area contributed by atoms with Crippen LogP contribution in [0.2, 0.25) is 5.02 Å². The number of fused-ring (bicyclic) bond motifs is 1. The predicted molar refractivity (Wildman–Crippen MR) is 111 cm³/mol. The summed E-state index contributed by atoms with van der Waals surface area (Å²) in [6, 6.07) is 18.5. The van der Waals surface area contributed by atoms with E-state index in [0.717, 1.165) is 22.7 Å². The van der Waals surface area contributed by atoms with E-state index in [-0.39, 0.29) is 5.69 Å². The number of carboxylic acid groups (broad SMARTS) is 1. The van der Waals surface area contributed by atoms with Crippen LogP contribution in [0.4, 0.5) is 0 Å². The molecule has 1 N–H and O–H groups in total. The third-order valence-corrected chi connectivity index (χ3v) is 4.95. The van der Waals surface area contributed by atoms with Crippen LogP contribution in [-0.4, -0.2) is 25.6 Å². The molecule has 0 saturated carbocycles. The number of hydrogen-bond acceptors (Lipinski definition) is 4. The summed E-state index contributed by atoms with van der Waals surface area (Å²) < 4.78 is 7.63. The molecular weight excluding hydrogens is 390 g/mol. The van der Waals surface area contributed by atoms with Gasteiger partial charge in [0.05, 0.1) is 6.54 Å². The van der Waals surface area contributed by atoms with Crippen molar-refractivity contribution in [2.75, 3.05) is 0 Å². The minimum Gasteiger partial charge on any atom is -0.489 e. The second kappa shape index (κ2) is 7.93. The number of carbonyl (C=O) groups is 1. The van der Waals surface area contributed by atoms with Crippen molar-refractivity contribution in [3.8, 4) is 5.75 Å². The van der Waals surface area contributed by atoms with Gasteiger partial charge in [-0.15, -0.1) is 0 Å². The lowest BCUT2D eigenvalue weighted by molar-refractivity contribution is 0.0691. The minimum absolute atomic E-state index is 0.0156. The Balaban J connectivity index is 1.57. The van der Waals surface area contributed by atoms with Gasteiger partial charge < -0.3 is 14.4 Å². The molecule has 7 heteroatoms. The normalized spacial score (nSPS) is 11.0. The van der Waals surface area contributed by atoms with E-state index in [1.165, 1.54) is 6.07 Å². The number of nitrogens with zero attached hydrogens (tertiary/aromatic N) is 3. The Bertz CT molecular complexity index is 1190. The quantitative estimate of drug-likeness (QED) is 0.500. The third-order valence-electron chi connectivity index (χ3n) is 4.60. The predicted octanol–water partition coefficient (Wildman–Crippen LogP) is 4.72. The lowest BCUT2D eigenvalue weighted by Crippen LogP contribution is -2.06. The van der Waals surface area contributed by atoms with E-state index in [1.807, 2.05) is 60.0 Å². The zero-order valence-corrected chi connectivity index (χ0v) is 16.4. The number of halogens is 1. The Morgan fingerprint density at radius 2 is 1.90 bits per heavy atom. The summed E-state index contributed by atoms with van der Waals surface area (Å²) in [6.45, 7) is 2.72. The molecule has 29 heavy (non-hydrogen) atoms. The minimum atomic E-state index is -1.07. The number of benzene rings is 2. The van der Waals surface area contributed by atoms with Gasteiger partial charge in [-0.2, -0.15) is 0 Å². The number of ether oxygens (including phenoxy) is 1. The summed E-state index contributed by atoms with van der Waals surface area (Å²) in [5, 5.41) is 9.82. The van der Waals surface area contributed by atoms with E-state index in [9.17, 15) is 9.90 Å². The van der Waals surface area contributed by atoms with Crippen molar-refractivity contribution in [1.82, 2.24) is 14.5 Å². The summed E-state index contributed by atoms with van der Waals surface area (Å²) in [5.74, 6) is 0.467. The van der Waals surface area contributed by atoms with Crippen LogP contribution >= 0.6 is 11.6 Å². The summed E-state index contributed by atoms with van der Waals surface area (Å²) >= 11 is 6.51. The highest BCUT2D eigenvalue weighted by Crippen LogP contribution is 2.23. The molecule has 0 aliphatic rings. The molecule has 0 saturated heterocycles. The average molecular weight is 408 g/mol. The van der Waals surface area contributed by atoms with Crippen LogP contribution < -0.4 is 4.74 Å². The van der Waals surface area contributed by atoms with Crippen LogP contribution in [0, 0.1) is 6.92 Å². The summed E-state index contributed by atoms with van der Waals surface area (Å²) in [7, 11) is 0. The van der Waals surface area contributed by atoms with Crippen molar-refractivity contribution in [1.29, 1.82) is 0 Å². The number of pyridine rings is 1. The van der Waals surface area contributed by atoms with Crippen LogP contribution in [0.1, 0.15) is 27.4 Å². The van der Waals surface area contributed by atoms with Crippen molar-refractivity contribution < 1.29 is 14.6 Å². The molecule has 2 aromatic carbocycles. The van der Waals surface area contributed by atoms with Crippen molar-refractivity contribution >= 4 is 28.7 Å². The summed E-state index contributed by atoms with van der Waals surface area (Å²) in [4.78, 5) is 20.0. The van der Waals surface area contributed by atoms with Crippen molar-refractivity contribution in [3.63, 3.8) is 0 Å². The van der Waals surface area contributed by atoms with Crippen LogP contribution in [0.5, 0.6) is 5.75 Å². The molecule has 0 fully saturated rings. The van der Waals surface area contributed by atoms with Gasteiger partial charge in [0.2, 0.25) is 0 Å². The van der Waals surface area contributed by atoms with Gasteiger partial charge in [0, 0.05) is 5.02 Å².